The first-order valence-electron chi connectivity index (χ1n) is 11.8. The number of nitrogens with zero attached hydrogens (tertiary/aromatic N) is 6. The van der Waals surface area contributed by atoms with E-state index in [1.165, 1.54) is 24.1 Å². The van der Waals surface area contributed by atoms with Crippen LogP contribution in [0.3, 0.4) is 0 Å². The fraction of sp³-hybridized carbons (Fsp3) is 0.667. The molecule has 23 heteroatoms. The summed E-state index contributed by atoms with van der Waals surface area (Å²) in [6.45, 7) is 1.70. The Balaban J connectivity index is 1.67. The topological polar surface area (TPSA) is 277 Å². The molecule has 1 aliphatic rings. The summed E-state index contributed by atoms with van der Waals surface area (Å²) in [5, 5.41) is 21.0. The number of hydrogen-bond acceptors (Lipinski definition) is 14. The average Bonchev–Trinajstić information content (AvgIpc) is 3.38. The molecule has 41 heavy (non-hydrogen) atoms. The highest BCUT2D eigenvalue weighted by Gasteiger charge is 2.47. The van der Waals surface area contributed by atoms with Crippen molar-refractivity contribution in [3.05, 3.63) is 12.7 Å². The lowest BCUT2D eigenvalue weighted by molar-refractivity contribution is -0.127. The number of ether oxygens (including phenoxy) is 1. The molecule has 2 aromatic heterocycles. The van der Waals surface area contributed by atoms with Gasteiger partial charge in [0.15, 0.2) is 23.2 Å². The van der Waals surface area contributed by atoms with Crippen molar-refractivity contribution in [1.82, 2.24) is 24.4 Å². The number of fused-ring (bicyclic) bond motifs is 1. The van der Waals surface area contributed by atoms with Crippen LogP contribution in [0.4, 0.5) is 5.82 Å². The van der Waals surface area contributed by atoms with E-state index in [0.717, 1.165) is 12.8 Å². The van der Waals surface area contributed by atoms with E-state index in [0.29, 0.717) is 24.4 Å². The van der Waals surface area contributed by atoms with Crippen molar-refractivity contribution in [1.29, 1.82) is 0 Å². The molecular formula is C18H31N6O14P3. The summed E-state index contributed by atoms with van der Waals surface area (Å²) in [4.78, 5) is 63.6. The van der Waals surface area contributed by atoms with E-state index in [4.69, 9.17) is 14.5 Å². The number of aliphatic hydroxyl groups is 2. The highest BCUT2D eigenvalue weighted by Crippen LogP contribution is 2.66. The number of aromatic nitrogens is 4. The number of imidazole rings is 1. The van der Waals surface area contributed by atoms with Crippen molar-refractivity contribution in [3.63, 3.8) is 0 Å². The number of phosphoric ester groups is 1. The highest BCUT2D eigenvalue weighted by molar-refractivity contribution is 7.66. The van der Waals surface area contributed by atoms with Crippen molar-refractivity contribution in [2.24, 2.45) is 0 Å². The molecule has 1 fully saturated rings. The molecule has 1 saturated heterocycles. The van der Waals surface area contributed by atoms with Crippen molar-refractivity contribution >= 4 is 46.4 Å². The molecule has 2 unspecified atom stereocenters. The van der Waals surface area contributed by atoms with Gasteiger partial charge in [0.05, 0.1) is 12.9 Å². The average molecular weight is 648 g/mol. The molecule has 6 atom stereocenters. The van der Waals surface area contributed by atoms with Gasteiger partial charge in [-0.2, -0.15) is 8.62 Å². The van der Waals surface area contributed by atoms with Crippen LogP contribution in [-0.4, -0.2) is 112 Å². The Labute approximate surface area is 232 Å². The summed E-state index contributed by atoms with van der Waals surface area (Å²) < 4.78 is 52.9. The van der Waals surface area contributed by atoms with E-state index >= 15 is 0 Å². The van der Waals surface area contributed by atoms with Crippen molar-refractivity contribution in [2.75, 3.05) is 38.7 Å². The maximum Gasteiger partial charge on any atom is 0.490 e. The number of anilines is 1. The lowest BCUT2D eigenvalue weighted by Crippen LogP contribution is -2.33. The minimum atomic E-state index is -5.73. The lowest BCUT2D eigenvalue weighted by atomic mass is 10.1. The molecule has 0 spiro atoms. The lowest BCUT2D eigenvalue weighted by Gasteiger charge is -2.20. The number of carbonyl (C=O) groups is 1. The van der Waals surface area contributed by atoms with Gasteiger partial charge in [-0.25, -0.2) is 28.6 Å². The second kappa shape index (κ2) is 13.2. The summed E-state index contributed by atoms with van der Waals surface area (Å²) in [6.07, 6.45) is -2.05. The molecule has 0 aliphatic carbocycles. The number of phosphoric acid groups is 3. The predicted octanol–water partition coefficient (Wildman–Crippen LogP) is -0.517. The summed E-state index contributed by atoms with van der Waals surface area (Å²) in [7, 11) is -13.3. The van der Waals surface area contributed by atoms with E-state index in [9.17, 15) is 38.5 Å². The molecule has 0 aromatic carbocycles. The molecule has 3 heterocycles. The van der Waals surface area contributed by atoms with Gasteiger partial charge in [-0.3, -0.25) is 13.9 Å². The highest BCUT2D eigenvalue weighted by atomic mass is 31.3. The standard InChI is InChI=1S/C18H31N6O14P3/c1-11(25)22(2)6-4-5-7-23(3)16-13-17(20-9-19-16)24(10-21-13)18-15(27)14(26)12(36-18)8-35-40(31,32)38-41(33,34)37-39(28,29)30/h9-10,12,14-15,18,26-27H,4-8H2,1-3H3,(H,31,32)(H,33,34)(H2,28,29,30)/t12-,14-,15-,18-/m1/s1. The van der Waals surface area contributed by atoms with Gasteiger partial charge >= 0.3 is 23.5 Å². The molecule has 6 N–H and O–H groups in total. The number of hydrogen-bond donors (Lipinski definition) is 6. The Morgan fingerprint density at radius 3 is 2.29 bits per heavy atom. The number of aliphatic hydroxyl groups excluding tert-OH is 2. The number of carbonyl (C=O) groups excluding carboxylic acids is 1. The van der Waals surface area contributed by atoms with Gasteiger partial charge in [0, 0.05) is 34.1 Å². The molecule has 0 radical (unpaired) electrons. The maximum atomic E-state index is 12.0. The van der Waals surface area contributed by atoms with Crippen LogP contribution >= 0.6 is 23.5 Å². The van der Waals surface area contributed by atoms with Gasteiger partial charge in [-0.05, 0) is 12.8 Å². The summed E-state index contributed by atoms with van der Waals surface area (Å²) in [5.74, 6) is 0.435. The molecule has 1 aliphatic heterocycles. The zero-order valence-corrected chi connectivity index (χ0v) is 24.7. The Morgan fingerprint density at radius 2 is 1.66 bits per heavy atom. The quantitative estimate of drug-likeness (QED) is 0.111. The van der Waals surface area contributed by atoms with Crippen molar-refractivity contribution < 1.29 is 66.2 Å². The van der Waals surface area contributed by atoms with Crippen LogP contribution in [0.1, 0.15) is 26.0 Å². The third-order valence-corrected chi connectivity index (χ3v) is 9.71. The van der Waals surface area contributed by atoms with Gasteiger partial charge in [-0.1, -0.05) is 0 Å². The molecule has 3 rings (SSSR count). The smallest absolute Gasteiger partial charge is 0.387 e. The number of unbranched alkanes of at least 4 members (excludes halogenated alkanes) is 1. The van der Waals surface area contributed by atoms with Crippen LogP contribution in [0, 0.1) is 0 Å². The first-order chi connectivity index (χ1) is 18.9. The van der Waals surface area contributed by atoms with Crippen LogP contribution in [0.5, 0.6) is 0 Å². The summed E-state index contributed by atoms with van der Waals surface area (Å²) in [5.41, 5.74) is 0.570. The predicted molar refractivity (Wildman–Crippen MR) is 137 cm³/mol. The number of rotatable bonds is 14. The summed E-state index contributed by atoms with van der Waals surface area (Å²) in [6, 6.07) is 0. The second-order valence-corrected chi connectivity index (χ2v) is 13.4. The van der Waals surface area contributed by atoms with E-state index in [2.05, 4.69) is 28.1 Å². The number of amides is 1. The largest absolute Gasteiger partial charge is 0.490 e. The van der Waals surface area contributed by atoms with Crippen LogP contribution in [-0.2, 0) is 36.4 Å². The summed E-state index contributed by atoms with van der Waals surface area (Å²) >= 11 is 0. The third-order valence-electron chi connectivity index (χ3n) is 5.90. The molecule has 0 saturated carbocycles. The van der Waals surface area contributed by atoms with E-state index in [1.54, 1.807) is 19.0 Å². The van der Waals surface area contributed by atoms with Gasteiger partial charge < -0.3 is 44.3 Å². The van der Waals surface area contributed by atoms with Gasteiger partial charge in [-0.15, -0.1) is 0 Å². The van der Waals surface area contributed by atoms with E-state index in [-0.39, 0.29) is 11.6 Å². The van der Waals surface area contributed by atoms with Crippen molar-refractivity contribution in [2.45, 2.75) is 44.3 Å². The van der Waals surface area contributed by atoms with Crippen LogP contribution in [0.2, 0.25) is 0 Å². The molecule has 0 bridgehead atoms. The monoisotopic (exact) mass is 648 g/mol. The first-order valence-corrected chi connectivity index (χ1v) is 16.3. The van der Waals surface area contributed by atoms with E-state index < -0.39 is 54.6 Å². The molecular weight excluding hydrogens is 617 g/mol. The second-order valence-electron chi connectivity index (χ2n) is 9.02. The zero-order valence-electron chi connectivity index (χ0n) is 22.0. The third kappa shape index (κ3) is 9.05. The van der Waals surface area contributed by atoms with Crippen LogP contribution in [0.15, 0.2) is 12.7 Å². The van der Waals surface area contributed by atoms with Crippen molar-refractivity contribution in [3.8, 4) is 0 Å². The fourth-order valence-corrected chi connectivity index (χ4v) is 6.86. The van der Waals surface area contributed by atoms with E-state index in [1.807, 2.05) is 4.90 Å². The molecule has 2 aromatic rings. The van der Waals surface area contributed by atoms with Gasteiger partial charge in [0.2, 0.25) is 5.91 Å². The SMILES string of the molecule is CC(=O)N(C)CCCCN(C)c1ncnc2c1ncn2[C@@H]1O[C@H](COP(=O)(O)OP(=O)(O)OP(=O)(O)O)[C@@H](O)[C@H]1O. The molecule has 20 nitrogen and oxygen atoms in total. The zero-order chi connectivity index (χ0) is 30.8. The Kier molecular flexibility index (Phi) is 10.8. The van der Waals surface area contributed by atoms with Crippen LogP contribution in [0.25, 0.3) is 11.2 Å². The molecule has 232 valence electrons. The minimum absolute atomic E-state index is 0.0286. The maximum absolute atomic E-state index is 12.0. The van der Waals surface area contributed by atoms with Gasteiger partial charge in [0.25, 0.3) is 0 Å². The first kappa shape index (κ1) is 33.6. The Morgan fingerprint density at radius 1 is 1.00 bits per heavy atom. The normalized spacial score (nSPS) is 24.2. The Hall–Kier alpha value is -1.89. The fourth-order valence-electron chi connectivity index (χ4n) is 3.83. The minimum Gasteiger partial charge on any atom is -0.387 e. The Bertz CT molecular complexity index is 1370. The van der Waals surface area contributed by atoms with Gasteiger partial charge in [0.1, 0.15) is 24.6 Å². The van der Waals surface area contributed by atoms with Crippen LogP contribution < -0.4 is 4.90 Å². The molecule has 1 amide bonds.